The third-order valence-electron chi connectivity index (χ3n) is 4.97. The molecule has 1 atom stereocenters. The van der Waals surface area contributed by atoms with E-state index in [4.69, 9.17) is 9.73 Å². The lowest BCUT2D eigenvalue weighted by Gasteiger charge is -2.38. The quantitative estimate of drug-likeness (QED) is 0.688. The highest BCUT2D eigenvalue weighted by Gasteiger charge is 2.32. The predicted molar refractivity (Wildman–Crippen MR) is 110 cm³/mol. The molecule has 6 heteroatoms. The zero-order chi connectivity index (χ0) is 20.2. The van der Waals surface area contributed by atoms with Crippen LogP contribution >= 0.6 is 0 Å². The summed E-state index contributed by atoms with van der Waals surface area (Å²) in [4.78, 5) is 11.4. The predicted octanol–water partition coefficient (Wildman–Crippen LogP) is 4.10. The second-order valence-corrected chi connectivity index (χ2v) is 6.81. The Morgan fingerprint density at radius 3 is 2.62 bits per heavy atom. The average molecular weight is 391 g/mol. The van der Waals surface area contributed by atoms with Crippen LogP contribution in [0.3, 0.4) is 0 Å². The van der Waals surface area contributed by atoms with Gasteiger partial charge in [-0.3, -0.25) is 0 Å². The molecule has 0 radical (unpaired) electrons. The molecule has 0 amide bonds. The standard InChI is InChI=1S/C23H22FN3O2/c1-29-18-9-11-21(25-15-18)23-26-20-10-8-17(24)14-19(20)22(27(23)12-5-13-28)16-6-3-2-4-7-16/h2-4,6-11,14-15,22,28H,5,12-13H2,1H3/t22-/m1/s1. The third kappa shape index (κ3) is 3.84. The Bertz CT molecular complexity index is 1010. The number of aliphatic hydroxyl groups excluding tert-OH is 1. The Morgan fingerprint density at radius 2 is 1.93 bits per heavy atom. The van der Waals surface area contributed by atoms with Crippen molar-refractivity contribution in [1.29, 1.82) is 0 Å². The van der Waals surface area contributed by atoms with E-state index in [1.807, 2.05) is 42.5 Å². The normalized spacial score (nSPS) is 15.6. The van der Waals surface area contributed by atoms with Crippen molar-refractivity contribution in [3.63, 3.8) is 0 Å². The van der Waals surface area contributed by atoms with E-state index >= 15 is 0 Å². The number of methoxy groups -OCH3 is 1. The van der Waals surface area contributed by atoms with Crippen LogP contribution in [-0.4, -0.2) is 41.1 Å². The molecule has 0 saturated carbocycles. The molecule has 1 aliphatic heterocycles. The number of halogens is 1. The number of aliphatic imine (C=N–C) groups is 1. The lowest BCUT2D eigenvalue weighted by molar-refractivity contribution is 0.254. The fourth-order valence-electron chi connectivity index (χ4n) is 3.62. The minimum absolute atomic E-state index is 0.0529. The SMILES string of the molecule is COc1ccc(C2=Nc3ccc(F)cc3[C@@H](c3ccccc3)N2CCCO)nc1. The second kappa shape index (κ2) is 8.41. The number of aliphatic hydroxyl groups is 1. The number of nitrogens with zero attached hydrogens (tertiary/aromatic N) is 3. The minimum atomic E-state index is -0.298. The first-order chi connectivity index (χ1) is 14.2. The van der Waals surface area contributed by atoms with Gasteiger partial charge < -0.3 is 14.7 Å². The molecule has 0 spiro atoms. The smallest absolute Gasteiger partial charge is 0.156 e. The lowest BCUT2D eigenvalue weighted by atomic mass is 9.93. The fourth-order valence-corrected chi connectivity index (χ4v) is 3.62. The fraction of sp³-hybridized carbons (Fsp3) is 0.217. The molecule has 29 heavy (non-hydrogen) atoms. The van der Waals surface area contributed by atoms with Crippen LogP contribution < -0.4 is 4.74 Å². The van der Waals surface area contributed by atoms with Gasteiger partial charge in [0.2, 0.25) is 0 Å². The highest BCUT2D eigenvalue weighted by Crippen LogP contribution is 2.40. The number of benzene rings is 2. The van der Waals surface area contributed by atoms with Crippen LogP contribution in [0.15, 0.2) is 71.9 Å². The Labute approximate surface area is 169 Å². The average Bonchev–Trinajstić information content (AvgIpc) is 2.77. The molecule has 3 aromatic rings. The number of aromatic nitrogens is 1. The van der Waals surface area contributed by atoms with Crippen LogP contribution in [0, 0.1) is 5.82 Å². The molecule has 0 saturated heterocycles. The van der Waals surface area contributed by atoms with Gasteiger partial charge in [0, 0.05) is 18.7 Å². The van der Waals surface area contributed by atoms with E-state index < -0.39 is 0 Å². The molecule has 2 heterocycles. The number of amidine groups is 1. The van der Waals surface area contributed by atoms with Crippen molar-refractivity contribution in [2.45, 2.75) is 12.5 Å². The van der Waals surface area contributed by atoms with Crippen molar-refractivity contribution in [2.24, 2.45) is 4.99 Å². The van der Waals surface area contributed by atoms with Gasteiger partial charge in [0.05, 0.1) is 25.0 Å². The molecule has 0 bridgehead atoms. The highest BCUT2D eigenvalue weighted by molar-refractivity contribution is 6.00. The minimum Gasteiger partial charge on any atom is -0.495 e. The molecular weight excluding hydrogens is 369 g/mol. The third-order valence-corrected chi connectivity index (χ3v) is 4.97. The Hall–Kier alpha value is -3.25. The van der Waals surface area contributed by atoms with Crippen LogP contribution in [0.5, 0.6) is 5.75 Å². The number of hydrogen-bond acceptors (Lipinski definition) is 5. The van der Waals surface area contributed by atoms with Crippen molar-refractivity contribution >= 4 is 11.5 Å². The van der Waals surface area contributed by atoms with Crippen LogP contribution in [0.25, 0.3) is 0 Å². The first kappa shape index (κ1) is 19.1. The van der Waals surface area contributed by atoms with E-state index in [2.05, 4.69) is 9.88 Å². The largest absolute Gasteiger partial charge is 0.495 e. The van der Waals surface area contributed by atoms with E-state index in [1.165, 1.54) is 6.07 Å². The van der Waals surface area contributed by atoms with Crippen LogP contribution in [0.4, 0.5) is 10.1 Å². The maximum absolute atomic E-state index is 14.1. The number of ether oxygens (including phenoxy) is 1. The Morgan fingerprint density at radius 1 is 1.10 bits per heavy atom. The molecule has 0 fully saturated rings. The maximum atomic E-state index is 14.1. The van der Waals surface area contributed by atoms with E-state index in [1.54, 1.807) is 25.4 Å². The summed E-state index contributed by atoms with van der Waals surface area (Å²) in [7, 11) is 1.60. The van der Waals surface area contributed by atoms with Gasteiger partial charge in [-0.25, -0.2) is 14.4 Å². The molecule has 0 unspecified atom stereocenters. The van der Waals surface area contributed by atoms with E-state index in [-0.39, 0.29) is 18.5 Å². The summed E-state index contributed by atoms with van der Waals surface area (Å²) in [6, 6.07) is 18.1. The van der Waals surface area contributed by atoms with E-state index in [0.717, 1.165) is 11.1 Å². The molecule has 148 valence electrons. The van der Waals surface area contributed by atoms with Gasteiger partial charge >= 0.3 is 0 Å². The first-order valence-electron chi connectivity index (χ1n) is 9.52. The van der Waals surface area contributed by atoms with Crippen molar-refractivity contribution in [3.05, 3.63) is 89.5 Å². The summed E-state index contributed by atoms with van der Waals surface area (Å²) in [5.74, 6) is 1.05. The number of pyridine rings is 1. The zero-order valence-electron chi connectivity index (χ0n) is 16.1. The highest BCUT2D eigenvalue weighted by atomic mass is 19.1. The second-order valence-electron chi connectivity index (χ2n) is 6.81. The topological polar surface area (TPSA) is 58.0 Å². The van der Waals surface area contributed by atoms with Gasteiger partial charge in [0.25, 0.3) is 0 Å². The van der Waals surface area contributed by atoms with Gasteiger partial charge in [-0.05, 0) is 42.3 Å². The summed E-state index contributed by atoms with van der Waals surface area (Å²) in [5.41, 5.74) is 3.23. The van der Waals surface area contributed by atoms with Gasteiger partial charge in [0.1, 0.15) is 17.3 Å². The van der Waals surface area contributed by atoms with Crippen molar-refractivity contribution < 1.29 is 14.2 Å². The summed E-state index contributed by atoms with van der Waals surface area (Å²) in [5, 5.41) is 9.46. The van der Waals surface area contributed by atoms with Crippen LogP contribution in [-0.2, 0) is 0 Å². The Kier molecular flexibility index (Phi) is 5.53. The molecule has 1 aromatic heterocycles. The van der Waals surface area contributed by atoms with E-state index in [9.17, 15) is 9.50 Å². The van der Waals surface area contributed by atoms with E-state index in [0.29, 0.717) is 35.9 Å². The monoisotopic (exact) mass is 391 g/mol. The number of hydrogen-bond donors (Lipinski definition) is 1. The maximum Gasteiger partial charge on any atom is 0.156 e. The molecule has 2 aromatic carbocycles. The van der Waals surface area contributed by atoms with Gasteiger partial charge in [-0.1, -0.05) is 30.3 Å². The van der Waals surface area contributed by atoms with Gasteiger partial charge in [0.15, 0.2) is 5.84 Å². The van der Waals surface area contributed by atoms with Crippen molar-refractivity contribution in [2.75, 3.05) is 20.3 Å². The Balaban J connectivity index is 1.89. The van der Waals surface area contributed by atoms with Gasteiger partial charge in [-0.2, -0.15) is 0 Å². The number of rotatable bonds is 6. The molecule has 4 rings (SSSR count). The van der Waals surface area contributed by atoms with Crippen LogP contribution in [0.2, 0.25) is 0 Å². The molecule has 0 aliphatic carbocycles. The zero-order valence-corrected chi connectivity index (χ0v) is 16.1. The summed E-state index contributed by atoms with van der Waals surface area (Å²) < 4.78 is 19.4. The molecular formula is C23H22FN3O2. The molecule has 5 nitrogen and oxygen atoms in total. The van der Waals surface area contributed by atoms with Crippen LogP contribution in [0.1, 0.15) is 29.3 Å². The first-order valence-corrected chi connectivity index (χ1v) is 9.52. The molecule has 1 N–H and O–H groups in total. The summed E-state index contributed by atoms with van der Waals surface area (Å²) >= 11 is 0. The summed E-state index contributed by atoms with van der Waals surface area (Å²) in [6.07, 6.45) is 2.21. The lowest BCUT2D eigenvalue weighted by Crippen LogP contribution is -2.39. The molecule has 1 aliphatic rings. The van der Waals surface area contributed by atoms with Crippen molar-refractivity contribution in [1.82, 2.24) is 9.88 Å². The van der Waals surface area contributed by atoms with Gasteiger partial charge in [-0.15, -0.1) is 0 Å². The number of fused-ring (bicyclic) bond motifs is 1. The van der Waals surface area contributed by atoms with Crippen molar-refractivity contribution in [3.8, 4) is 5.75 Å². The summed E-state index contributed by atoms with van der Waals surface area (Å²) in [6.45, 7) is 0.607.